The summed E-state index contributed by atoms with van der Waals surface area (Å²) in [4.78, 5) is 49.2. The van der Waals surface area contributed by atoms with Gasteiger partial charge in [0.15, 0.2) is 0 Å². The number of amides is 3. The SMILES string of the molecule is CC(=O)Oc1cc2sc(NC(=O)c3ccc(CN(C)C(C)=O)cc3)c(C(N)=O)c2cc1Br. The molecule has 0 radical (unpaired) electrons. The highest BCUT2D eigenvalue weighted by Crippen LogP contribution is 2.41. The van der Waals surface area contributed by atoms with Crippen molar-refractivity contribution < 1.29 is 23.9 Å². The Hall–Kier alpha value is -3.24. The highest BCUT2D eigenvalue weighted by molar-refractivity contribution is 9.10. The van der Waals surface area contributed by atoms with Gasteiger partial charge in [0.05, 0.1) is 10.0 Å². The van der Waals surface area contributed by atoms with Crippen molar-refractivity contribution >= 4 is 66.0 Å². The third-order valence-electron chi connectivity index (χ3n) is 4.64. The Balaban J connectivity index is 1.89. The Labute approximate surface area is 196 Å². The number of esters is 1. The Morgan fingerprint density at radius 2 is 1.78 bits per heavy atom. The van der Waals surface area contributed by atoms with Gasteiger partial charge in [0.25, 0.3) is 11.8 Å². The minimum Gasteiger partial charge on any atom is -0.425 e. The molecule has 1 heterocycles. The molecule has 0 atom stereocenters. The summed E-state index contributed by atoms with van der Waals surface area (Å²) in [7, 11) is 1.70. The third-order valence-corrected chi connectivity index (χ3v) is 6.33. The van der Waals surface area contributed by atoms with Crippen molar-refractivity contribution in [2.24, 2.45) is 5.73 Å². The molecule has 0 aliphatic heterocycles. The van der Waals surface area contributed by atoms with Crippen molar-refractivity contribution in [1.29, 1.82) is 0 Å². The molecule has 0 aliphatic carbocycles. The van der Waals surface area contributed by atoms with Crippen molar-refractivity contribution in [3.05, 3.63) is 57.6 Å². The van der Waals surface area contributed by atoms with Crippen LogP contribution in [-0.4, -0.2) is 35.6 Å². The summed E-state index contributed by atoms with van der Waals surface area (Å²) in [6, 6.07) is 10.0. The van der Waals surface area contributed by atoms with Crippen LogP contribution in [-0.2, 0) is 16.1 Å². The fourth-order valence-electron chi connectivity index (χ4n) is 2.99. The van der Waals surface area contributed by atoms with Gasteiger partial charge in [-0.15, -0.1) is 11.3 Å². The molecule has 3 amide bonds. The molecule has 3 rings (SSSR count). The van der Waals surface area contributed by atoms with E-state index in [4.69, 9.17) is 10.5 Å². The van der Waals surface area contributed by atoms with E-state index in [1.807, 2.05) is 0 Å². The zero-order valence-electron chi connectivity index (χ0n) is 17.5. The summed E-state index contributed by atoms with van der Waals surface area (Å²) in [6.45, 7) is 3.20. The Morgan fingerprint density at radius 1 is 1.12 bits per heavy atom. The van der Waals surface area contributed by atoms with Gasteiger partial charge in [-0.2, -0.15) is 0 Å². The number of nitrogens with zero attached hydrogens (tertiary/aromatic N) is 1. The van der Waals surface area contributed by atoms with E-state index in [2.05, 4.69) is 21.2 Å². The number of halogens is 1. The first-order valence-electron chi connectivity index (χ1n) is 9.43. The van der Waals surface area contributed by atoms with Crippen LogP contribution in [0.15, 0.2) is 40.9 Å². The Morgan fingerprint density at radius 3 is 2.34 bits per heavy atom. The predicted octanol–water partition coefficient (Wildman–Crippen LogP) is 3.92. The molecular weight excluding hydrogens is 498 g/mol. The lowest BCUT2D eigenvalue weighted by Crippen LogP contribution is -2.23. The fourth-order valence-corrected chi connectivity index (χ4v) is 4.52. The van der Waals surface area contributed by atoms with Gasteiger partial charge in [-0.3, -0.25) is 19.2 Å². The number of benzene rings is 2. The molecule has 3 N–H and O–H groups in total. The van der Waals surface area contributed by atoms with Gasteiger partial charge in [-0.25, -0.2) is 0 Å². The minimum atomic E-state index is -0.693. The highest BCUT2D eigenvalue weighted by atomic mass is 79.9. The largest absolute Gasteiger partial charge is 0.425 e. The Bertz CT molecular complexity index is 1240. The standard InChI is InChI=1S/C22H20BrN3O5S/c1-11(27)26(3)10-13-4-6-14(7-5-13)21(30)25-22-19(20(24)29)15-8-16(23)17(31-12(2)28)9-18(15)32-22/h4-9H,10H2,1-3H3,(H2,24,29)(H,25,30). The van der Waals surface area contributed by atoms with Gasteiger partial charge in [0, 0.05) is 49.2 Å². The summed E-state index contributed by atoms with van der Waals surface area (Å²) >= 11 is 4.47. The quantitative estimate of drug-likeness (QED) is 0.379. The third kappa shape index (κ3) is 5.14. The maximum atomic E-state index is 12.8. The van der Waals surface area contributed by atoms with E-state index in [-0.39, 0.29) is 11.5 Å². The number of fused-ring (bicyclic) bond motifs is 1. The molecule has 10 heteroatoms. The molecule has 0 saturated heterocycles. The van der Waals surface area contributed by atoms with Crippen LogP contribution in [0.2, 0.25) is 0 Å². The van der Waals surface area contributed by atoms with Crippen LogP contribution in [0.3, 0.4) is 0 Å². The predicted molar refractivity (Wildman–Crippen MR) is 126 cm³/mol. The second kappa shape index (κ2) is 9.49. The molecule has 3 aromatic rings. The topological polar surface area (TPSA) is 119 Å². The van der Waals surface area contributed by atoms with Crippen molar-refractivity contribution in [2.75, 3.05) is 12.4 Å². The lowest BCUT2D eigenvalue weighted by Gasteiger charge is -2.14. The number of ether oxygens (including phenoxy) is 1. The number of hydrogen-bond acceptors (Lipinski definition) is 6. The second-order valence-electron chi connectivity index (χ2n) is 7.07. The number of carbonyl (C=O) groups excluding carboxylic acids is 4. The van der Waals surface area contributed by atoms with Crippen molar-refractivity contribution in [3.63, 3.8) is 0 Å². The van der Waals surface area contributed by atoms with Gasteiger partial charge in [0.2, 0.25) is 5.91 Å². The van der Waals surface area contributed by atoms with E-state index in [9.17, 15) is 19.2 Å². The van der Waals surface area contributed by atoms with Gasteiger partial charge < -0.3 is 20.7 Å². The second-order valence-corrected chi connectivity index (χ2v) is 8.98. The van der Waals surface area contributed by atoms with Crippen LogP contribution in [0.5, 0.6) is 5.75 Å². The van der Waals surface area contributed by atoms with E-state index < -0.39 is 17.8 Å². The number of rotatable bonds is 6. The van der Waals surface area contributed by atoms with E-state index in [0.29, 0.717) is 37.4 Å². The first-order chi connectivity index (χ1) is 15.1. The van der Waals surface area contributed by atoms with Crippen molar-refractivity contribution in [3.8, 4) is 5.75 Å². The number of primary amides is 1. The van der Waals surface area contributed by atoms with Gasteiger partial charge in [-0.05, 0) is 39.7 Å². The molecule has 0 fully saturated rings. The average molecular weight is 518 g/mol. The molecule has 32 heavy (non-hydrogen) atoms. The molecule has 0 aliphatic rings. The molecule has 0 saturated carbocycles. The van der Waals surface area contributed by atoms with E-state index in [1.165, 1.54) is 13.8 Å². The lowest BCUT2D eigenvalue weighted by atomic mass is 10.1. The Kier molecular flexibility index (Phi) is 6.95. The van der Waals surface area contributed by atoms with Gasteiger partial charge in [0.1, 0.15) is 10.8 Å². The number of nitrogens with one attached hydrogen (secondary N) is 1. The molecule has 8 nitrogen and oxygen atoms in total. The van der Waals surface area contributed by atoms with Crippen LogP contribution in [0.4, 0.5) is 5.00 Å². The maximum Gasteiger partial charge on any atom is 0.308 e. The number of carbonyl (C=O) groups is 4. The number of nitrogens with two attached hydrogens (primary N) is 1. The molecule has 0 spiro atoms. The highest BCUT2D eigenvalue weighted by Gasteiger charge is 2.21. The van der Waals surface area contributed by atoms with E-state index in [1.54, 1.807) is 48.3 Å². The molecular formula is C22H20BrN3O5S. The maximum absolute atomic E-state index is 12.8. The summed E-state index contributed by atoms with van der Waals surface area (Å²) < 4.78 is 6.26. The smallest absolute Gasteiger partial charge is 0.308 e. The van der Waals surface area contributed by atoms with Crippen LogP contribution >= 0.6 is 27.3 Å². The monoisotopic (exact) mass is 517 g/mol. The molecule has 2 aromatic carbocycles. The molecule has 166 valence electrons. The zero-order valence-corrected chi connectivity index (χ0v) is 19.9. The summed E-state index contributed by atoms with van der Waals surface area (Å²) in [5.41, 5.74) is 7.02. The van der Waals surface area contributed by atoms with Crippen molar-refractivity contribution in [1.82, 2.24) is 4.90 Å². The minimum absolute atomic E-state index is 0.0564. The zero-order chi connectivity index (χ0) is 23.6. The number of thiophene rings is 1. The average Bonchev–Trinajstić information content (AvgIpc) is 3.04. The first kappa shape index (κ1) is 23.4. The van der Waals surface area contributed by atoms with Crippen LogP contribution in [0, 0.1) is 0 Å². The van der Waals surface area contributed by atoms with E-state index >= 15 is 0 Å². The van der Waals surface area contributed by atoms with Crippen LogP contribution in [0.25, 0.3) is 10.1 Å². The molecule has 0 unspecified atom stereocenters. The van der Waals surface area contributed by atoms with Crippen molar-refractivity contribution in [2.45, 2.75) is 20.4 Å². The summed E-state index contributed by atoms with van der Waals surface area (Å²) in [6.07, 6.45) is 0. The fraction of sp³-hybridized carbons (Fsp3) is 0.182. The van der Waals surface area contributed by atoms with Crippen LogP contribution < -0.4 is 15.8 Å². The van der Waals surface area contributed by atoms with Crippen LogP contribution in [0.1, 0.15) is 40.1 Å². The normalized spacial score (nSPS) is 10.6. The molecule has 0 bridgehead atoms. The summed E-state index contributed by atoms with van der Waals surface area (Å²) in [5.74, 6) is -1.35. The number of anilines is 1. The van der Waals surface area contributed by atoms with Gasteiger partial charge >= 0.3 is 5.97 Å². The first-order valence-corrected chi connectivity index (χ1v) is 11.0. The number of hydrogen-bond donors (Lipinski definition) is 2. The summed E-state index contributed by atoms with van der Waals surface area (Å²) in [5, 5.41) is 3.57. The van der Waals surface area contributed by atoms with Gasteiger partial charge in [-0.1, -0.05) is 12.1 Å². The van der Waals surface area contributed by atoms with E-state index in [0.717, 1.165) is 16.9 Å². The molecule has 1 aromatic heterocycles. The lowest BCUT2D eigenvalue weighted by molar-refractivity contribution is -0.132.